The number of aliphatic hydroxyl groups excluding tert-OH is 1. The highest BCUT2D eigenvalue weighted by Crippen LogP contribution is 2.36. The van der Waals surface area contributed by atoms with Crippen LogP contribution in [0, 0.1) is 24.6 Å². The Labute approximate surface area is 165 Å². The van der Waals surface area contributed by atoms with Crippen molar-refractivity contribution < 1.29 is 14.3 Å². The Balaban J connectivity index is 2.08. The summed E-state index contributed by atoms with van der Waals surface area (Å²) in [6.07, 6.45) is 2.65. The van der Waals surface area contributed by atoms with Gasteiger partial charge in [0.05, 0.1) is 11.9 Å². The number of aliphatic hydroxyl groups is 1. The number of carbonyl (C=O) groups is 1. The van der Waals surface area contributed by atoms with Gasteiger partial charge in [-0.1, -0.05) is 19.9 Å². The lowest BCUT2D eigenvalue weighted by molar-refractivity contribution is -0.121. The standard InChI is InChI=1S/C22H28FN3O2/c1-14(2)22(28)25(4)20-11-24-21(26-8-7-16(12-26)13-27)10-19(20)18-6-5-17(23)9-15(18)3/h5-6,9-11,14,16,27H,7-8,12-13H2,1-4H3. The normalized spacial score (nSPS) is 16.7. The van der Waals surface area contributed by atoms with E-state index in [1.165, 1.54) is 12.1 Å². The Morgan fingerprint density at radius 2 is 2.11 bits per heavy atom. The summed E-state index contributed by atoms with van der Waals surface area (Å²) in [7, 11) is 1.75. The maximum Gasteiger partial charge on any atom is 0.229 e. The van der Waals surface area contributed by atoms with Crippen molar-refractivity contribution >= 4 is 17.4 Å². The van der Waals surface area contributed by atoms with Gasteiger partial charge in [-0.3, -0.25) is 4.79 Å². The molecular weight excluding hydrogens is 357 g/mol. The molecule has 1 aromatic heterocycles. The fraction of sp³-hybridized carbons (Fsp3) is 0.455. The number of pyridine rings is 1. The van der Waals surface area contributed by atoms with Crippen LogP contribution in [-0.4, -0.2) is 42.7 Å². The minimum Gasteiger partial charge on any atom is -0.396 e. The fourth-order valence-corrected chi connectivity index (χ4v) is 3.72. The maximum absolute atomic E-state index is 13.7. The Morgan fingerprint density at radius 1 is 1.36 bits per heavy atom. The highest BCUT2D eigenvalue weighted by Gasteiger charge is 2.25. The molecule has 1 N–H and O–H groups in total. The molecule has 0 radical (unpaired) electrons. The van der Waals surface area contributed by atoms with E-state index in [2.05, 4.69) is 9.88 Å². The molecule has 2 heterocycles. The monoisotopic (exact) mass is 385 g/mol. The van der Waals surface area contributed by atoms with Crippen molar-refractivity contribution in [2.75, 3.05) is 36.5 Å². The molecule has 1 atom stereocenters. The van der Waals surface area contributed by atoms with E-state index in [0.717, 1.165) is 42.0 Å². The van der Waals surface area contributed by atoms with Crippen molar-refractivity contribution in [2.24, 2.45) is 11.8 Å². The van der Waals surface area contributed by atoms with Crippen LogP contribution >= 0.6 is 0 Å². The van der Waals surface area contributed by atoms with E-state index in [0.29, 0.717) is 5.69 Å². The average molecular weight is 385 g/mol. The first kappa shape index (κ1) is 20.3. The molecule has 0 spiro atoms. The fourth-order valence-electron chi connectivity index (χ4n) is 3.72. The molecular formula is C22H28FN3O2. The van der Waals surface area contributed by atoms with Crippen LogP contribution in [0.25, 0.3) is 11.1 Å². The van der Waals surface area contributed by atoms with Gasteiger partial charge >= 0.3 is 0 Å². The van der Waals surface area contributed by atoms with Gasteiger partial charge in [-0.05, 0) is 42.7 Å². The molecule has 0 aliphatic carbocycles. The largest absolute Gasteiger partial charge is 0.396 e. The lowest BCUT2D eigenvalue weighted by Crippen LogP contribution is -2.31. The zero-order valence-corrected chi connectivity index (χ0v) is 16.9. The number of aromatic nitrogens is 1. The number of halogens is 1. The highest BCUT2D eigenvalue weighted by atomic mass is 19.1. The van der Waals surface area contributed by atoms with Gasteiger partial charge in [0, 0.05) is 44.1 Å². The third-order valence-corrected chi connectivity index (χ3v) is 5.40. The van der Waals surface area contributed by atoms with E-state index in [-0.39, 0.29) is 30.2 Å². The highest BCUT2D eigenvalue weighted by molar-refractivity contribution is 5.98. The molecule has 1 fully saturated rings. The summed E-state index contributed by atoms with van der Waals surface area (Å²) >= 11 is 0. The lowest BCUT2D eigenvalue weighted by atomic mass is 9.99. The quantitative estimate of drug-likeness (QED) is 0.854. The molecule has 28 heavy (non-hydrogen) atoms. The molecule has 1 saturated heterocycles. The van der Waals surface area contributed by atoms with E-state index in [1.807, 2.05) is 26.8 Å². The molecule has 1 unspecified atom stereocenters. The predicted molar refractivity (Wildman–Crippen MR) is 110 cm³/mol. The van der Waals surface area contributed by atoms with Crippen molar-refractivity contribution in [3.05, 3.63) is 41.8 Å². The van der Waals surface area contributed by atoms with Crippen molar-refractivity contribution in [3.63, 3.8) is 0 Å². The number of nitrogens with zero attached hydrogens (tertiary/aromatic N) is 3. The van der Waals surface area contributed by atoms with Crippen LogP contribution < -0.4 is 9.80 Å². The summed E-state index contributed by atoms with van der Waals surface area (Å²) in [5, 5.41) is 9.43. The van der Waals surface area contributed by atoms with Crippen LogP contribution in [0.5, 0.6) is 0 Å². The van der Waals surface area contributed by atoms with Gasteiger partial charge < -0.3 is 14.9 Å². The Morgan fingerprint density at radius 3 is 2.71 bits per heavy atom. The van der Waals surface area contributed by atoms with Crippen LogP contribution in [-0.2, 0) is 4.79 Å². The topological polar surface area (TPSA) is 56.7 Å². The van der Waals surface area contributed by atoms with E-state index >= 15 is 0 Å². The van der Waals surface area contributed by atoms with Crippen molar-refractivity contribution in [3.8, 4) is 11.1 Å². The van der Waals surface area contributed by atoms with E-state index in [4.69, 9.17) is 0 Å². The van der Waals surface area contributed by atoms with Crippen molar-refractivity contribution in [1.29, 1.82) is 0 Å². The minimum absolute atomic E-state index is 0.00270. The van der Waals surface area contributed by atoms with E-state index < -0.39 is 0 Å². The Bertz CT molecular complexity index is 869. The molecule has 1 aliphatic heterocycles. The summed E-state index contributed by atoms with van der Waals surface area (Å²) in [4.78, 5) is 21.0. The van der Waals surface area contributed by atoms with Gasteiger partial charge in [-0.25, -0.2) is 9.37 Å². The van der Waals surface area contributed by atoms with Gasteiger partial charge in [0.1, 0.15) is 11.6 Å². The van der Waals surface area contributed by atoms with E-state index in [1.54, 1.807) is 24.2 Å². The Kier molecular flexibility index (Phi) is 5.98. The van der Waals surface area contributed by atoms with Crippen molar-refractivity contribution in [2.45, 2.75) is 27.2 Å². The second kappa shape index (κ2) is 8.27. The number of rotatable bonds is 5. The summed E-state index contributed by atoms with van der Waals surface area (Å²) < 4.78 is 13.7. The maximum atomic E-state index is 13.7. The minimum atomic E-state index is -0.283. The van der Waals surface area contributed by atoms with Gasteiger partial charge in [-0.2, -0.15) is 0 Å². The average Bonchev–Trinajstić information content (AvgIpc) is 3.15. The van der Waals surface area contributed by atoms with Crippen LogP contribution in [0.1, 0.15) is 25.8 Å². The molecule has 1 aromatic carbocycles. The predicted octanol–water partition coefficient (Wildman–Crippen LogP) is 3.63. The first-order valence-corrected chi connectivity index (χ1v) is 9.71. The number of aryl methyl sites for hydroxylation is 1. The number of amides is 1. The summed E-state index contributed by atoms with van der Waals surface area (Å²) in [5.41, 5.74) is 3.24. The zero-order chi connectivity index (χ0) is 20.4. The third kappa shape index (κ3) is 4.02. The second-order valence-electron chi connectivity index (χ2n) is 7.85. The summed E-state index contributed by atoms with van der Waals surface area (Å²) in [6.45, 7) is 7.35. The number of benzene rings is 1. The Hall–Kier alpha value is -2.47. The van der Waals surface area contributed by atoms with Crippen LogP contribution in [0.4, 0.5) is 15.9 Å². The van der Waals surface area contributed by atoms with Gasteiger partial charge in [-0.15, -0.1) is 0 Å². The SMILES string of the molecule is Cc1cc(F)ccc1-c1cc(N2CCC(CO)C2)ncc1N(C)C(=O)C(C)C. The number of hydrogen-bond donors (Lipinski definition) is 1. The molecule has 6 heteroatoms. The van der Waals surface area contributed by atoms with E-state index in [9.17, 15) is 14.3 Å². The molecule has 3 rings (SSSR count). The van der Waals surface area contributed by atoms with Crippen LogP contribution in [0.15, 0.2) is 30.5 Å². The number of anilines is 2. The van der Waals surface area contributed by atoms with Gasteiger partial charge in [0.2, 0.25) is 5.91 Å². The summed E-state index contributed by atoms with van der Waals surface area (Å²) in [6, 6.07) is 6.66. The molecule has 1 aliphatic rings. The third-order valence-electron chi connectivity index (χ3n) is 5.40. The van der Waals surface area contributed by atoms with Crippen LogP contribution in [0.3, 0.4) is 0 Å². The van der Waals surface area contributed by atoms with Gasteiger partial charge in [0.25, 0.3) is 0 Å². The van der Waals surface area contributed by atoms with Crippen molar-refractivity contribution in [1.82, 2.24) is 4.98 Å². The number of carbonyl (C=O) groups excluding carboxylic acids is 1. The zero-order valence-electron chi connectivity index (χ0n) is 16.9. The molecule has 0 saturated carbocycles. The lowest BCUT2D eigenvalue weighted by Gasteiger charge is -2.25. The second-order valence-corrected chi connectivity index (χ2v) is 7.85. The molecule has 1 amide bonds. The first-order valence-electron chi connectivity index (χ1n) is 9.71. The molecule has 0 bridgehead atoms. The van der Waals surface area contributed by atoms with Crippen LogP contribution in [0.2, 0.25) is 0 Å². The van der Waals surface area contributed by atoms with Gasteiger partial charge in [0.15, 0.2) is 0 Å². The smallest absolute Gasteiger partial charge is 0.229 e. The molecule has 150 valence electrons. The molecule has 5 nitrogen and oxygen atoms in total. The number of hydrogen-bond acceptors (Lipinski definition) is 4. The summed E-state index contributed by atoms with van der Waals surface area (Å²) in [5.74, 6) is 0.633. The first-order chi connectivity index (χ1) is 13.3. The molecule has 2 aromatic rings.